The molecule has 0 spiro atoms. The Labute approximate surface area is 101 Å². The average Bonchev–Trinajstić information content (AvgIpc) is 2.69. The Morgan fingerprint density at radius 3 is 2.65 bits per heavy atom. The Morgan fingerprint density at radius 1 is 1.29 bits per heavy atom. The number of allylic oxidation sites excluding steroid dienone is 1. The van der Waals surface area contributed by atoms with Crippen molar-refractivity contribution in [3.05, 3.63) is 47.5 Å². The number of hydrazone groups is 1. The Morgan fingerprint density at radius 2 is 2.00 bits per heavy atom. The van der Waals surface area contributed by atoms with E-state index >= 15 is 0 Å². The van der Waals surface area contributed by atoms with Crippen molar-refractivity contribution in [2.45, 2.75) is 20.3 Å². The van der Waals surface area contributed by atoms with Gasteiger partial charge in [-0.2, -0.15) is 5.10 Å². The molecular weight excluding hydrogens is 212 g/mol. The molecule has 3 nitrogen and oxygen atoms in total. The second kappa shape index (κ2) is 4.95. The first kappa shape index (κ1) is 11.6. The Kier molecular flexibility index (Phi) is 3.38. The Hall–Kier alpha value is -1.90. The summed E-state index contributed by atoms with van der Waals surface area (Å²) < 4.78 is 0. The van der Waals surface area contributed by atoms with Crippen molar-refractivity contribution in [1.29, 1.82) is 0 Å². The van der Waals surface area contributed by atoms with Gasteiger partial charge in [0.1, 0.15) is 5.71 Å². The molecule has 1 aromatic carbocycles. The fraction of sp³-hybridized carbons (Fsp3) is 0.286. The van der Waals surface area contributed by atoms with E-state index in [0.717, 1.165) is 17.7 Å². The normalized spacial score (nSPS) is 17.5. The van der Waals surface area contributed by atoms with Gasteiger partial charge in [-0.15, -0.1) is 0 Å². The minimum Gasteiger partial charge on any atom is -0.267 e. The van der Waals surface area contributed by atoms with Gasteiger partial charge in [-0.3, -0.25) is 4.79 Å². The molecule has 2 rings (SSSR count). The highest BCUT2D eigenvalue weighted by molar-refractivity contribution is 6.30. The van der Waals surface area contributed by atoms with Gasteiger partial charge in [0.2, 0.25) is 0 Å². The average molecular weight is 228 g/mol. The number of hydrogen-bond acceptors (Lipinski definition) is 2. The molecule has 0 aromatic heterocycles. The molecule has 0 atom stereocenters. The molecule has 0 saturated carbocycles. The lowest BCUT2D eigenvalue weighted by molar-refractivity contribution is -0.116. The van der Waals surface area contributed by atoms with Crippen LogP contribution in [0.5, 0.6) is 0 Å². The molecule has 17 heavy (non-hydrogen) atoms. The van der Waals surface area contributed by atoms with Crippen molar-refractivity contribution < 1.29 is 4.79 Å². The molecule has 88 valence electrons. The van der Waals surface area contributed by atoms with Crippen LogP contribution in [0, 0.1) is 5.92 Å². The van der Waals surface area contributed by atoms with E-state index in [0.29, 0.717) is 11.5 Å². The van der Waals surface area contributed by atoms with Gasteiger partial charge in [0.25, 0.3) is 5.91 Å². The van der Waals surface area contributed by atoms with Crippen molar-refractivity contribution in [2.75, 3.05) is 0 Å². The Bertz CT molecular complexity index is 472. The molecule has 0 radical (unpaired) electrons. The molecule has 0 bridgehead atoms. The maximum atomic E-state index is 11.7. The van der Waals surface area contributed by atoms with Crippen LogP contribution in [0.3, 0.4) is 0 Å². The van der Waals surface area contributed by atoms with Crippen LogP contribution in [-0.2, 0) is 4.79 Å². The molecule has 0 fully saturated rings. The van der Waals surface area contributed by atoms with E-state index in [1.54, 1.807) is 0 Å². The van der Waals surface area contributed by atoms with Crippen LogP contribution in [0.4, 0.5) is 0 Å². The topological polar surface area (TPSA) is 41.5 Å². The van der Waals surface area contributed by atoms with Crippen LogP contribution in [-0.4, -0.2) is 11.6 Å². The second-order valence-corrected chi connectivity index (χ2v) is 4.51. The summed E-state index contributed by atoms with van der Waals surface area (Å²) >= 11 is 0. The van der Waals surface area contributed by atoms with Crippen molar-refractivity contribution in [3.8, 4) is 0 Å². The predicted molar refractivity (Wildman–Crippen MR) is 68.7 cm³/mol. The summed E-state index contributed by atoms with van der Waals surface area (Å²) in [5, 5.41) is 4.10. The smallest absolute Gasteiger partial charge is 0.267 e. The third-order valence-electron chi connectivity index (χ3n) is 2.61. The minimum atomic E-state index is -0.107. The van der Waals surface area contributed by atoms with E-state index in [9.17, 15) is 4.79 Å². The Balaban J connectivity index is 2.28. The first-order valence-corrected chi connectivity index (χ1v) is 5.82. The molecule has 0 saturated heterocycles. The van der Waals surface area contributed by atoms with Crippen molar-refractivity contribution in [2.24, 2.45) is 11.0 Å². The van der Waals surface area contributed by atoms with E-state index in [4.69, 9.17) is 0 Å². The van der Waals surface area contributed by atoms with Crippen LogP contribution >= 0.6 is 0 Å². The van der Waals surface area contributed by atoms with Crippen LogP contribution < -0.4 is 5.43 Å². The summed E-state index contributed by atoms with van der Waals surface area (Å²) in [5.41, 5.74) is 4.93. The monoisotopic (exact) mass is 228 g/mol. The molecule has 3 heteroatoms. The van der Waals surface area contributed by atoms with Gasteiger partial charge < -0.3 is 0 Å². The van der Waals surface area contributed by atoms with Crippen LogP contribution in [0.2, 0.25) is 0 Å². The number of nitrogens with zero attached hydrogens (tertiary/aromatic N) is 1. The summed E-state index contributed by atoms with van der Waals surface area (Å²) in [6.45, 7) is 4.26. The summed E-state index contributed by atoms with van der Waals surface area (Å²) in [5.74, 6) is 0.428. The van der Waals surface area contributed by atoms with E-state index in [1.807, 2.05) is 36.4 Å². The number of rotatable bonds is 3. The second-order valence-electron chi connectivity index (χ2n) is 4.51. The highest BCUT2D eigenvalue weighted by Crippen LogP contribution is 2.16. The lowest BCUT2D eigenvalue weighted by Gasteiger charge is -2.03. The van der Waals surface area contributed by atoms with Gasteiger partial charge in [-0.05, 0) is 12.3 Å². The van der Waals surface area contributed by atoms with Crippen molar-refractivity contribution in [1.82, 2.24) is 5.43 Å². The lowest BCUT2D eigenvalue weighted by atomic mass is 10.00. The SMILES string of the molecule is CC(C)C/C=C1/C(=O)NN=C1c1ccccc1. The lowest BCUT2D eigenvalue weighted by Crippen LogP contribution is -2.13. The van der Waals surface area contributed by atoms with E-state index in [1.165, 1.54) is 0 Å². The van der Waals surface area contributed by atoms with Gasteiger partial charge in [0, 0.05) is 5.56 Å². The van der Waals surface area contributed by atoms with Gasteiger partial charge >= 0.3 is 0 Å². The quantitative estimate of drug-likeness (QED) is 0.793. The maximum Gasteiger partial charge on any atom is 0.273 e. The largest absolute Gasteiger partial charge is 0.273 e. The van der Waals surface area contributed by atoms with E-state index < -0.39 is 0 Å². The van der Waals surface area contributed by atoms with Gasteiger partial charge in [-0.25, -0.2) is 5.43 Å². The predicted octanol–water partition coefficient (Wildman–Crippen LogP) is 2.49. The van der Waals surface area contributed by atoms with Gasteiger partial charge in [-0.1, -0.05) is 50.3 Å². The zero-order valence-corrected chi connectivity index (χ0v) is 10.1. The van der Waals surface area contributed by atoms with E-state index in [-0.39, 0.29) is 5.91 Å². The highest BCUT2D eigenvalue weighted by atomic mass is 16.2. The summed E-state index contributed by atoms with van der Waals surface area (Å²) in [7, 11) is 0. The molecule has 0 unspecified atom stereocenters. The minimum absolute atomic E-state index is 0.107. The summed E-state index contributed by atoms with van der Waals surface area (Å²) in [4.78, 5) is 11.7. The third-order valence-corrected chi connectivity index (χ3v) is 2.61. The standard InChI is InChI=1S/C14H16N2O/c1-10(2)8-9-12-13(15-16-14(12)17)11-6-4-3-5-7-11/h3-7,9-10H,8H2,1-2H3,(H,16,17)/b12-9+. The number of carbonyl (C=O) groups excluding carboxylic acids is 1. The molecule has 1 amide bonds. The molecule has 1 heterocycles. The number of nitrogens with one attached hydrogen (secondary N) is 1. The maximum absolute atomic E-state index is 11.7. The van der Waals surface area contributed by atoms with Crippen molar-refractivity contribution >= 4 is 11.6 Å². The molecule has 1 N–H and O–H groups in total. The molecule has 1 aliphatic heterocycles. The highest BCUT2D eigenvalue weighted by Gasteiger charge is 2.23. The van der Waals surface area contributed by atoms with E-state index in [2.05, 4.69) is 24.4 Å². The number of amides is 1. The molecular formula is C14H16N2O. The fourth-order valence-corrected chi connectivity index (χ4v) is 1.69. The molecule has 1 aliphatic rings. The first-order valence-electron chi connectivity index (χ1n) is 5.82. The van der Waals surface area contributed by atoms with Crippen LogP contribution in [0.1, 0.15) is 25.8 Å². The summed E-state index contributed by atoms with van der Waals surface area (Å²) in [6.07, 6.45) is 2.85. The molecule has 0 aliphatic carbocycles. The number of benzene rings is 1. The number of hydrogen-bond donors (Lipinski definition) is 1. The summed E-state index contributed by atoms with van der Waals surface area (Å²) in [6, 6.07) is 9.76. The zero-order valence-electron chi connectivity index (χ0n) is 10.1. The fourth-order valence-electron chi connectivity index (χ4n) is 1.69. The third kappa shape index (κ3) is 2.61. The zero-order chi connectivity index (χ0) is 12.3. The van der Waals surface area contributed by atoms with Gasteiger partial charge in [0.15, 0.2) is 0 Å². The first-order chi connectivity index (χ1) is 8.18. The van der Waals surface area contributed by atoms with Crippen LogP contribution in [0.15, 0.2) is 47.1 Å². The molecule has 1 aromatic rings. The van der Waals surface area contributed by atoms with Crippen molar-refractivity contribution in [3.63, 3.8) is 0 Å². The number of carbonyl (C=O) groups is 1. The van der Waals surface area contributed by atoms with Crippen LogP contribution in [0.25, 0.3) is 0 Å². The van der Waals surface area contributed by atoms with Gasteiger partial charge in [0.05, 0.1) is 5.57 Å².